The molecule has 2 aromatic heterocycles. The maximum Gasteiger partial charge on any atom is 0.332 e. The van der Waals surface area contributed by atoms with Gasteiger partial charge in [-0.3, -0.25) is 18.5 Å². The molecule has 1 aliphatic rings. The molecule has 0 saturated heterocycles. The van der Waals surface area contributed by atoms with Crippen LogP contribution in [0.25, 0.3) is 17.2 Å². The van der Waals surface area contributed by atoms with Crippen LogP contribution in [0.4, 0.5) is 5.95 Å². The summed E-state index contributed by atoms with van der Waals surface area (Å²) in [7, 11) is 1.62. The van der Waals surface area contributed by atoms with Crippen molar-refractivity contribution in [1.82, 2.24) is 18.7 Å². The van der Waals surface area contributed by atoms with Crippen molar-refractivity contribution in [2.45, 2.75) is 26.4 Å². The molecule has 8 nitrogen and oxygen atoms in total. The number of anilines is 1. The van der Waals surface area contributed by atoms with E-state index in [2.05, 4.69) is 15.5 Å². The molecule has 1 atom stereocenters. The van der Waals surface area contributed by atoms with Crippen LogP contribution in [0.2, 0.25) is 0 Å². The van der Waals surface area contributed by atoms with Gasteiger partial charge in [0.05, 0.1) is 11.8 Å². The van der Waals surface area contributed by atoms with Gasteiger partial charge in [-0.25, -0.2) is 10.2 Å². The Kier molecular flexibility index (Phi) is 4.02. The molecular formula is C19H20N6O2. The van der Waals surface area contributed by atoms with Gasteiger partial charge in [0.25, 0.3) is 5.56 Å². The minimum absolute atomic E-state index is 0.121. The Morgan fingerprint density at radius 3 is 2.70 bits per heavy atom. The van der Waals surface area contributed by atoms with E-state index in [-0.39, 0.29) is 18.1 Å². The van der Waals surface area contributed by atoms with Crippen LogP contribution in [-0.2, 0) is 13.6 Å². The smallest absolute Gasteiger partial charge is 0.294 e. The monoisotopic (exact) mass is 364 g/mol. The number of aryl methyl sites for hydroxylation is 1. The highest BCUT2D eigenvalue weighted by molar-refractivity contribution is 5.90. The van der Waals surface area contributed by atoms with E-state index in [1.54, 1.807) is 11.6 Å². The van der Waals surface area contributed by atoms with Gasteiger partial charge in [-0.2, -0.15) is 10.1 Å². The summed E-state index contributed by atoms with van der Waals surface area (Å²) in [4.78, 5) is 30.2. The normalized spacial score (nSPS) is 16.4. The summed E-state index contributed by atoms with van der Waals surface area (Å²) < 4.78 is 4.43. The summed E-state index contributed by atoms with van der Waals surface area (Å²) in [6.45, 7) is 4.02. The summed E-state index contributed by atoms with van der Waals surface area (Å²) in [5.41, 5.74) is 4.70. The number of hydrogen-bond donors (Lipinski definition) is 1. The van der Waals surface area contributed by atoms with Gasteiger partial charge in [0.2, 0.25) is 5.95 Å². The van der Waals surface area contributed by atoms with Crippen LogP contribution in [0, 0.1) is 0 Å². The number of fused-ring (bicyclic) bond motifs is 3. The molecule has 138 valence electrons. The number of hydrazone groups is 1. The molecule has 0 aliphatic carbocycles. The largest absolute Gasteiger partial charge is 0.332 e. The standard InChI is InChI=1S/C19H20N6O2/c1-12-13(2)25-15-16(20-18(25)22-21-12)23(3)19(27)24(17(15)26)11-7-10-14-8-5-4-6-9-14/h4-10,13H,11H2,1-3H3,(H,20,22)/b10-7+. The lowest BCUT2D eigenvalue weighted by Gasteiger charge is -2.21. The van der Waals surface area contributed by atoms with E-state index < -0.39 is 5.69 Å². The first-order valence-electron chi connectivity index (χ1n) is 8.72. The van der Waals surface area contributed by atoms with Crippen molar-refractivity contribution in [3.63, 3.8) is 0 Å². The van der Waals surface area contributed by atoms with Crippen LogP contribution in [-0.4, -0.2) is 24.4 Å². The molecule has 1 unspecified atom stereocenters. The van der Waals surface area contributed by atoms with E-state index in [0.717, 1.165) is 11.3 Å². The van der Waals surface area contributed by atoms with Gasteiger partial charge in [-0.15, -0.1) is 0 Å². The molecular weight excluding hydrogens is 344 g/mol. The van der Waals surface area contributed by atoms with Crippen LogP contribution in [0.5, 0.6) is 0 Å². The molecule has 27 heavy (non-hydrogen) atoms. The van der Waals surface area contributed by atoms with E-state index in [1.165, 1.54) is 9.13 Å². The first-order chi connectivity index (χ1) is 13.0. The zero-order chi connectivity index (χ0) is 19.1. The average molecular weight is 364 g/mol. The number of allylic oxidation sites excluding steroid dienone is 1. The van der Waals surface area contributed by atoms with Crippen LogP contribution in [0.1, 0.15) is 25.5 Å². The van der Waals surface area contributed by atoms with Crippen molar-refractivity contribution in [3.05, 3.63) is 62.8 Å². The Hall–Kier alpha value is -3.42. The Balaban J connectivity index is 1.84. The Bertz CT molecular complexity index is 1200. The van der Waals surface area contributed by atoms with Crippen LogP contribution in [0.3, 0.4) is 0 Å². The average Bonchev–Trinajstić information content (AvgIpc) is 3.07. The quantitative estimate of drug-likeness (QED) is 0.770. The molecule has 1 aliphatic heterocycles. The number of aromatic nitrogens is 4. The molecule has 3 heterocycles. The summed E-state index contributed by atoms with van der Waals surface area (Å²) in [6.07, 6.45) is 3.70. The summed E-state index contributed by atoms with van der Waals surface area (Å²) in [6, 6.07) is 9.62. The topological polar surface area (TPSA) is 86.2 Å². The van der Waals surface area contributed by atoms with Gasteiger partial charge in [-0.1, -0.05) is 42.5 Å². The van der Waals surface area contributed by atoms with E-state index >= 15 is 0 Å². The second kappa shape index (κ2) is 6.39. The highest BCUT2D eigenvalue weighted by atomic mass is 16.2. The molecule has 8 heteroatoms. The Morgan fingerprint density at radius 2 is 1.96 bits per heavy atom. The summed E-state index contributed by atoms with van der Waals surface area (Å²) in [5.74, 6) is 0.466. The molecule has 0 saturated carbocycles. The van der Waals surface area contributed by atoms with E-state index in [1.807, 2.05) is 56.3 Å². The van der Waals surface area contributed by atoms with E-state index in [4.69, 9.17) is 0 Å². The number of hydrogen-bond acceptors (Lipinski definition) is 5. The maximum absolute atomic E-state index is 13.1. The molecule has 3 aromatic rings. The first-order valence-corrected chi connectivity index (χ1v) is 8.72. The number of nitrogens with one attached hydrogen (secondary N) is 1. The van der Waals surface area contributed by atoms with Gasteiger partial charge in [-0.05, 0) is 19.4 Å². The third-order valence-corrected chi connectivity index (χ3v) is 4.90. The van der Waals surface area contributed by atoms with Crippen molar-refractivity contribution in [3.8, 4) is 0 Å². The number of nitrogens with zero attached hydrogens (tertiary/aromatic N) is 5. The van der Waals surface area contributed by atoms with Gasteiger partial charge in [0.1, 0.15) is 0 Å². The fourth-order valence-corrected chi connectivity index (χ4v) is 3.23. The predicted octanol–water partition coefficient (Wildman–Crippen LogP) is 1.97. The second-order valence-electron chi connectivity index (χ2n) is 6.59. The van der Waals surface area contributed by atoms with E-state index in [0.29, 0.717) is 17.1 Å². The minimum Gasteiger partial charge on any atom is -0.294 e. The fraction of sp³-hybridized carbons (Fsp3) is 0.263. The molecule has 0 fully saturated rings. The van der Waals surface area contributed by atoms with Crippen molar-refractivity contribution >= 4 is 28.9 Å². The summed E-state index contributed by atoms with van der Waals surface area (Å²) >= 11 is 0. The van der Waals surface area contributed by atoms with E-state index in [9.17, 15) is 9.59 Å². The molecule has 0 bridgehead atoms. The Labute approximate surface area is 155 Å². The Morgan fingerprint density at radius 1 is 1.22 bits per heavy atom. The number of benzene rings is 1. The first kappa shape index (κ1) is 17.0. The lowest BCUT2D eigenvalue weighted by molar-refractivity contribution is 0.653. The second-order valence-corrected chi connectivity index (χ2v) is 6.59. The van der Waals surface area contributed by atoms with Crippen LogP contribution in [0.15, 0.2) is 51.1 Å². The number of imidazole rings is 1. The van der Waals surface area contributed by atoms with Crippen molar-refractivity contribution in [2.75, 3.05) is 5.43 Å². The molecule has 0 spiro atoms. The van der Waals surface area contributed by atoms with Crippen molar-refractivity contribution < 1.29 is 0 Å². The minimum atomic E-state index is -0.397. The molecule has 1 N–H and O–H groups in total. The maximum atomic E-state index is 13.1. The lowest BCUT2D eigenvalue weighted by atomic mass is 10.2. The zero-order valence-corrected chi connectivity index (χ0v) is 15.4. The molecule has 4 rings (SSSR count). The van der Waals surface area contributed by atoms with Gasteiger partial charge < -0.3 is 0 Å². The van der Waals surface area contributed by atoms with Crippen molar-refractivity contribution in [1.29, 1.82) is 0 Å². The van der Waals surface area contributed by atoms with Gasteiger partial charge in [0.15, 0.2) is 11.2 Å². The van der Waals surface area contributed by atoms with Gasteiger partial charge in [0, 0.05) is 13.6 Å². The molecule has 1 aromatic carbocycles. The SMILES string of the molecule is CC1=NNc2nc3c(c(=O)n(C/C=C/c4ccccc4)c(=O)n3C)n2C1C. The molecule has 0 radical (unpaired) electrons. The zero-order valence-electron chi connectivity index (χ0n) is 15.4. The third-order valence-electron chi connectivity index (χ3n) is 4.90. The predicted molar refractivity (Wildman–Crippen MR) is 106 cm³/mol. The summed E-state index contributed by atoms with van der Waals surface area (Å²) in [5, 5.41) is 4.21. The van der Waals surface area contributed by atoms with Crippen LogP contribution >= 0.6 is 0 Å². The third kappa shape index (κ3) is 2.69. The highest BCUT2D eigenvalue weighted by Crippen LogP contribution is 2.25. The lowest BCUT2D eigenvalue weighted by Crippen LogP contribution is -2.39. The highest BCUT2D eigenvalue weighted by Gasteiger charge is 2.26. The van der Waals surface area contributed by atoms with Gasteiger partial charge >= 0.3 is 5.69 Å². The number of rotatable bonds is 3. The molecule has 0 amide bonds. The van der Waals surface area contributed by atoms with Crippen LogP contribution < -0.4 is 16.7 Å². The fourth-order valence-electron chi connectivity index (χ4n) is 3.23. The van der Waals surface area contributed by atoms with Crippen molar-refractivity contribution in [2.24, 2.45) is 12.1 Å².